The molecule has 2 nitrogen and oxygen atoms in total. The molecule has 3 heteroatoms. The normalized spacial score (nSPS) is 29.2. The van der Waals surface area contributed by atoms with E-state index in [0.717, 1.165) is 23.1 Å². The van der Waals surface area contributed by atoms with Gasteiger partial charge in [-0.15, -0.1) is 0 Å². The van der Waals surface area contributed by atoms with Crippen molar-refractivity contribution >= 4 is 26.7 Å². The molecule has 2 N–H and O–H groups in total. The second-order valence-electron chi connectivity index (χ2n) is 5.91. The zero-order chi connectivity index (χ0) is 14.3. The fraction of sp³-hybridized carbons (Fsp3) is 0.412. The molecule has 2 aromatic carbocycles. The summed E-state index contributed by atoms with van der Waals surface area (Å²) < 4.78 is 7.28. The smallest absolute Gasteiger partial charge is 0.134 e. The number of benzene rings is 2. The van der Waals surface area contributed by atoms with Crippen LogP contribution < -0.4 is 10.5 Å². The fourth-order valence-corrected chi connectivity index (χ4v) is 3.56. The monoisotopic (exact) mass is 333 g/mol. The Balaban J connectivity index is 1.91. The first-order valence-corrected chi connectivity index (χ1v) is 7.95. The maximum atomic E-state index is 6.24. The van der Waals surface area contributed by atoms with E-state index in [9.17, 15) is 0 Å². The van der Waals surface area contributed by atoms with Crippen LogP contribution in [0.4, 0.5) is 0 Å². The van der Waals surface area contributed by atoms with Crippen molar-refractivity contribution in [2.75, 3.05) is 0 Å². The van der Waals surface area contributed by atoms with Gasteiger partial charge in [-0.3, -0.25) is 0 Å². The average molecular weight is 334 g/mol. The third kappa shape index (κ3) is 2.04. The van der Waals surface area contributed by atoms with Crippen molar-refractivity contribution in [3.63, 3.8) is 0 Å². The molecule has 2 aromatic rings. The van der Waals surface area contributed by atoms with Gasteiger partial charge in [-0.2, -0.15) is 0 Å². The molecule has 0 radical (unpaired) electrons. The van der Waals surface area contributed by atoms with E-state index in [1.165, 1.54) is 10.8 Å². The lowest BCUT2D eigenvalue weighted by Crippen LogP contribution is -2.61. The van der Waals surface area contributed by atoms with E-state index in [0.29, 0.717) is 0 Å². The SMILES string of the molecule is CCC1(C)C(N)CC1Oc1ccc2ccccc2c1Br. The Hall–Kier alpha value is -1.06. The van der Waals surface area contributed by atoms with E-state index in [4.69, 9.17) is 10.5 Å². The summed E-state index contributed by atoms with van der Waals surface area (Å²) in [7, 11) is 0. The number of fused-ring (bicyclic) bond motifs is 1. The summed E-state index contributed by atoms with van der Waals surface area (Å²) in [4.78, 5) is 0. The molecule has 1 aliphatic rings. The Kier molecular flexibility index (Phi) is 3.51. The van der Waals surface area contributed by atoms with Crippen LogP contribution in [0, 0.1) is 5.41 Å². The Morgan fingerprint density at radius 3 is 2.75 bits per heavy atom. The lowest BCUT2D eigenvalue weighted by molar-refractivity contribution is -0.0563. The van der Waals surface area contributed by atoms with Crippen molar-refractivity contribution in [2.24, 2.45) is 11.1 Å². The molecule has 3 rings (SSSR count). The molecule has 20 heavy (non-hydrogen) atoms. The molecule has 0 saturated heterocycles. The molecule has 0 heterocycles. The highest BCUT2D eigenvalue weighted by Crippen LogP contribution is 2.46. The zero-order valence-corrected chi connectivity index (χ0v) is 13.5. The molecule has 1 aliphatic carbocycles. The summed E-state index contributed by atoms with van der Waals surface area (Å²) in [5.74, 6) is 0.917. The third-order valence-corrected chi connectivity index (χ3v) is 5.73. The van der Waals surface area contributed by atoms with Crippen LogP contribution in [-0.4, -0.2) is 12.1 Å². The Labute approximate surface area is 128 Å². The summed E-state index contributed by atoms with van der Waals surface area (Å²) in [5, 5.41) is 2.40. The Bertz CT molecular complexity index is 642. The summed E-state index contributed by atoms with van der Waals surface area (Å²) in [6.07, 6.45) is 2.19. The minimum Gasteiger partial charge on any atom is -0.489 e. The molecular formula is C17H20BrNO. The van der Waals surface area contributed by atoms with E-state index in [1.54, 1.807) is 0 Å². The predicted octanol–water partition coefficient (Wildman–Crippen LogP) is 4.50. The van der Waals surface area contributed by atoms with Gasteiger partial charge in [0.05, 0.1) is 4.47 Å². The highest BCUT2D eigenvalue weighted by molar-refractivity contribution is 9.10. The van der Waals surface area contributed by atoms with Crippen LogP contribution in [0.1, 0.15) is 26.7 Å². The van der Waals surface area contributed by atoms with Gasteiger partial charge in [0.25, 0.3) is 0 Å². The van der Waals surface area contributed by atoms with E-state index >= 15 is 0 Å². The number of hydrogen-bond donors (Lipinski definition) is 1. The topological polar surface area (TPSA) is 35.2 Å². The van der Waals surface area contributed by atoms with Crippen molar-refractivity contribution in [3.05, 3.63) is 40.9 Å². The first-order chi connectivity index (χ1) is 9.56. The van der Waals surface area contributed by atoms with Gasteiger partial charge in [0, 0.05) is 17.9 Å². The van der Waals surface area contributed by atoms with Crippen LogP contribution in [0.3, 0.4) is 0 Å². The number of rotatable bonds is 3. The Morgan fingerprint density at radius 2 is 2.05 bits per heavy atom. The highest BCUT2D eigenvalue weighted by atomic mass is 79.9. The van der Waals surface area contributed by atoms with Crippen LogP contribution >= 0.6 is 15.9 Å². The lowest BCUT2D eigenvalue weighted by Gasteiger charge is -2.51. The van der Waals surface area contributed by atoms with Crippen molar-refractivity contribution in [1.82, 2.24) is 0 Å². The maximum absolute atomic E-state index is 6.24. The minimum absolute atomic E-state index is 0.0884. The van der Waals surface area contributed by atoms with Gasteiger partial charge in [0.1, 0.15) is 11.9 Å². The van der Waals surface area contributed by atoms with Crippen LogP contribution in [-0.2, 0) is 0 Å². The summed E-state index contributed by atoms with van der Waals surface area (Å²) in [6, 6.07) is 12.7. The van der Waals surface area contributed by atoms with Crippen LogP contribution in [0.5, 0.6) is 5.75 Å². The van der Waals surface area contributed by atoms with Gasteiger partial charge < -0.3 is 10.5 Å². The van der Waals surface area contributed by atoms with E-state index in [2.05, 4.69) is 54.0 Å². The van der Waals surface area contributed by atoms with Crippen molar-refractivity contribution in [3.8, 4) is 5.75 Å². The number of ether oxygens (including phenoxy) is 1. The van der Waals surface area contributed by atoms with E-state index < -0.39 is 0 Å². The van der Waals surface area contributed by atoms with Gasteiger partial charge in [-0.25, -0.2) is 0 Å². The molecular weight excluding hydrogens is 314 g/mol. The standard InChI is InChI=1S/C17H20BrNO/c1-3-17(2)14(19)10-15(17)20-13-9-8-11-6-4-5-7-12(11)16(13)18/h4-9,14-15H,3,10,19H2,1-2H3. The second-order valence-corrected chi connectivity index (χ2v) is 6.70. The highest BCUT2D eigenvalue weighted by Gasteiger charge is 2.50. The van der Waals surface area contributed by atoms with Crippen molar-refractivity contribution in [2.45, 2.75) is 38.8 Å². The Morgan fingerprint density at radius 1 is 1.30 bits per heavy atom. The van der Waals surface area contributed by atoms with E-state index in [-0.39, 0.29) is 17.6 Å². The zero-order valence-electron chi connectivity index (χ0n) is 11.9. The predicted molar refractivity (Wildman–Crippen MR) is 87.1 cm³/mol. The first-order valence-electron chi connectivity index (χ1n) is 7.15. The van der Waals surface area contributed by atoms with Crippen LogP contribution in [0.15, 0.2) is 40.9 Å². The van der Waals surface area contributed by atoms with Gasteiger partial charge in [0.2, 0.25) is 0 Å². The summed E-state index contributed by atoms with van der Waals surface area (Å²) >= 11 is 3.68. The molecule has 0 aliphatic heterocycles. The molecule has 0 amide bonds. The first kappa shape index (κ1) is 13.9. The molecule has 0 bridgehead atoms. The van der Waals surface area contributed by atoms with Gasteiger partial charge >= 0.3 is 0 Å². The molecule has 3 unspecified atom stereocenters. The number of nitrogens with two attached hydrogens (primary N) is 1. The number of halogens is 1. The summed E-state index contributed by atoms with van der Waals surface area (Å²) in [5.41, 5.74) is 6.24. The summed E-state index contributed by atoms with van der Waals surface area (Å²) in [6.45, 7) is 4.41. The quantitative estimate of drug-likeness (QED) is 0.897. The van der Waals surface area contributed by atoms with Crippen LogP contribution in [0.2, 0.25) is 0 Å². The molecule has 1 fully saturated rings. The van der Waals surface area contributed by atoms with Gasteiger partial charge in [-0.1, -0.05) is 44.2 Å². The largest absolute Gasteiger partial charge is 0.489 e. The van der Waals surface area contributed by atoms with Gasteiger partial charge in [-0.05, 0) is 39.2 Å². The molecule has 0 spiro atoms. The van der Waals surface area contributed by atoms with Crippen LogP contribution in [0.25, 0.3) is 10.8 Å². The third-order valence-electron chi connectivity index (χ3n) is 4.91. The maximum Gasteiger partial charge on any atom is 0.134 e. The second kappa shape index (κ2) is 5.05. The van der Waals surface area contributed by atoms with Gasteiger partial charge in [0.15, 0.2) is 0 Å². The minimum atomic E-state index is 0.0884. The molecule has 0 aromatic heterocycles. The van der Waals surface area contributed by atoms with Crippen molar-refractivity contribution in [1.29, 1.82) is 0 Å². The van der Waals surface area contributed by atoms with Crippen molar-refractivity contribution < 1.29 is 4.74 Å². The molecule has 106 valence electrons. The van der Waals surface area contributed by atoms with E-state index in [1.807, 2.05) is 12.1 Å². The average Bonchev–Trinajstić information content (AvgIpc) is 2.48. The lowest BCUT2D eigenvalue weighted by atomic mass is 9.62. The number of hydrogen-bond acceptors (Lipinski definition) is 2. The fourth-order valence-electron chi connectivity index (χ4n) is 2.98. The molecule has 3 atom stereocenters. The molecule has 1 saturated carbocycles.